The molecular weight excluding hydrogens is 380 g/mol. The van der Waals surface area contributed by atoms with Crippen LogP contribution in [-0.2, 0) is 22.2 Å². The van der Waals surface area contributed by atoms with E-state index < -0.39 is 15.8 Å². The van der Waals surface area contributed by atoms with Crippen LogP contribution in [0.3, 0.4) is 0 Å². The van der Waals surface area contributed by atoms with Gasteiger partial charge in [-0.2, -0.15) is 0 Å². The molecule has 1 heterocycles. The van der Waals surface area contributed by atoms with E-state index >= 15 is 0 Å². The van der Waals surface area contributed by atoms with Crippen LogP contribution in [0.5, 0.6) is 11.5 Å². The van der Waals surface area contributed by atoms with E-state index in [1.807, 2.05) is 38.1 Å². The summed E-state index contributed by atoms with van der Waals surface area (Å²) in [6.07, 6.45) is 0.529. The largest absolute Gasteiger partial charge is 0.507 e. The van der Waals surface area contributed by atoms with Crippen molar-refractivity contribution < 1.29 is 22.7 Å². The Kier molecular flexibility index (Phi) is 5.71. The van der Waals surface area contributed by atoms with Crippen LogP contribution in [0.2, 0.25) is 0 Å². The molecule has 0 fully saturated rings. The quantitative estimate of drug-likeness (QED) is 0.627. The molecular formula is C20H22N2O5S. The van der Waals surface area contributed by atoms with Crippen molar-refractivity contribution in [3.8, 4) is 23.0 Å². The van der Waals surface area contributed by atoms with E-state index in [2.05, 4.69) is 4.98 Å². The Bertz CT molecular complexity index is 1070. The first kappa shape index (κ1) is 19.9. The highest BCUT2D eigenvalue weighted by Crippen LogP contribution is 2.26. The minimum atomic E-state index is -3.71. The van der Waals surface area contributed by atoms with E-state index in [-0.39, 0.29) is 11.3 Å². The minimum Gasteiger partial charge on any atom is -0.507 e. The van der Waals surface area contributed by atoms with Gasteiger partial charge in [0.2, 0.25) is 15.9 Å². The Labute approximate surface area is 163 Å². The fourth-order valence-corrected chi connectivity index (χ4v) is 3.39. The molecule has 0 amide bonds. The number of phenolic OH excluding ortho intramolecular Hbond substituents is 1. The second kappa shape index (κ2) is 8.04. The van der Waals surface area contributed by atoms with Gasteiger partial charge in [0.05, 0.1) is 18.1 Å². The summed E-state index contributed by atoms with van der Waals surface area (Å²) in [4.78, 5) is 4.54. The highest BCUT2D eigenvalue weighted by molar-refractivity contribution is 7.88. The molecule has 0 saturated heterocycles. The monoisotopic (exact) mass is 402 g/mol. The van der Waals surface area contributed by atoms with Crippen LogP contribution < -0.4 is 9.88 Å². The lowest BCUT2D eigenvalue weighted by Gasteiger charge is -2.08. The second-order valence-electron chi connectivity index (χ2n) is 6.58. The molecule has 0 spiro atoms. The highest BCUT2D eigenvalue weighted by atomic mass is 32.2. The summed E-state index contributed by atoms with van der Waals surface area (Å²) < 4.78 is 33.7. The third-order valence-corrected chi connectivity index (χ3v) is 4.93. The first-order valence-electron chi connectivity index (χ1n) is 8.70. The summed E-state index contributed by atoms with van der Waals surface area (Å²) >= 11 is 0. The third-order valence-electron chi connectivity index (χ3n) is 4.21. The summed E-state index contributed by atoms with van der Waals surface area (Å²) in [6, 6.07) is 12.4. The van der Waals surface area contributed by atoms with Crippen molar-refractivity contribution >= 4 is 10.0 Å². The van der Waals surface area contributed by atoms with Crippen molar-refractivity contribution in [3.63, 3.8) is 0 Å². The van der Waals surface area contributed by atoms with Gasteiger partial charge in [-0.15, -0.1) is 0 Å². The van der Waals surface area contributed by atoms with Crippen molar-refractivity contribution in [1.29, 1.82) is 0 Å². The Morgan fingerprint density at radius 3 is 2.50 bits per heavy atom. The van der Waals surface area contributed by atoms with Gasteiger partial charge in [-0.25, -0.2) is 18.5 Å². The Morgan fingerprint density at radius 2 is 1.86 bits per heavy atom. The molecule has 0 aliphatic heterocycles. The van der Waals surface area contributed by atoms with Gasteiger partial charge in [-0.3, -0.25) is 0 Å². The van der Waals surface area contributed by atoms with E-state index in [1.54, 1.807) is 6.07 Å². The van der Waals surface area contributed by atoms with Gasteiger partial charge in [0.15, 0.2) is 0 Å². The number of aryl methyl sites for hydroxylation is 2. The van der Waals surface area contributed by atoms with Gasteiger partial charge in [-0.1, -0.05) is 23.8 Å². The minimum absolute atomic E-state index is 0.175. The molecule has 0 atom stereocenters. The lowest BCUT2D eigenvalue weighted by Crippen LogP contribution is -2.14. The normalized spacial score (nSPS) is 11.5. The third kappa shape index (κ3) is 5.11. The van der Waals surface area contributed by atoms with Crippen molar-refractivity contribution in [2.75, 3.05) is 6.61 Å². The smallest absolute Gasteiger partial charge is 0.226 e. The van der Waals surface area contributed by atoms with Crippen molar-refractivity contribution in [2.24, 2.45) is 5.14 Å². The lowest BCUT2D eigenvalue weighted by molar-refractivity contribution is 0.317. The molecule has 0 aliphatic carbocycles. The Morgan fingerprint density at radius 1 is 1.14 bits per heavy atom. The fourth-order valence-electron chi connectivity index (χ4n) is 2.72. The lowest BCUT2D eigenvalue weighted by atomic mass is 10.1. The van der Waals surface area contributed by atoms with Gasteiger partial charge in [0.1, 0.15) is 17.3 Å². The summed E-state index contributed by atoms with van der Waals surface area (Å²) in [7, 11) is -3.71. The molecule has 7 nitrogen and oxygen atoms in total. The molecule has 0 unspecified atom stereocenters. The average molecular weight is 402 g/mol. The molecule has 0 bridgehead atoms. The highest BCUT2D eigenvalue weighted by Gasteiger charge is 2.13. The zero-order valence-electron chi connectivity index (χ0n) is 15.7. The number of benzene rings is 2. The van der Waals surface area contributed by atoms with Crippen LogP contribution in [0.4, 0.5) is 0 Å². The molecule has 3 rings (SSSR count). The second-order valence-corrected chi connectivity index (χ2v) is 8.20. The number of phenols is 1. The summed E-state index contributed by atoms with van der Waals surface area (Å²) in [6.45, 7) is 4.20. The number of nitrogens with zero attached hydrogens (tertiary/aromatic N) is 1. The molecule has 0 saturated carbocycles. The summed E-state index contributed by atoms with van der Waals surface area (Å²) in [5.41, 5.74) is 3.10. The summed E-state index contributed by atoms with van der Waals surface area (Å²) in [5.74, 6) is 1.11. The van der Waals surface area contributed by atoms with E-state index in [9.17, 15) is 13.5 Å². The molecule has 28 heavy (non-hydrogen) atoms. The molecule has 0 radical (unpaired) electrons. The number of nitrogens with two attached hydrogens (primary N) is 1. The SMILES string of the molecule is Cc1ccc(-c2nc(CCOc3ccc(CS(N)(=O)=O)c(O)c3)c(C)o2)cc1. The molecule has 3 N–H and O–H groups in total. The number of aromatic hydroxyl groups is 1. The maximum absolute atomic E-state index is 11.1. The summed E-state index contributed by atoms with van der Waals surface area (Å²) in [5, 5.41) is 14.9. The molecule has 8 heteroatoms. The van der Waals surface area contributed by atoms with Crippen LogP contribution in [0, 0.1) is 13.8 Å². The Hall–Kier alpha value is -2.84. The van der Waals surface area contributed by atoms with Crippen molar-refractivity contribution in [3.05, 3.63) is 65.0 Å². The zero-order chi connectivity index (χ0) is 20.3. The van der Waals surface area contributed by atoms with Gasteiger partial charge < -0.3 is 14.3 Å². The number of primary sulfonamides is 1. The number of ether oxygens (including phenoxy) is 1. The molecule has 148 valence electrons. The Balaban J connectivity index is 1.62. The van der Waals surface area contributed by atoms with E-state index in [0.717, 1.165) is 17.0 Å². The van der Waals surface area contributed by atoms with E-state index in [1.165, 1.54) is 17.7 Å². The van der Waals surface area contributed by atoms with Crippen LogP contribution >= 0.6 is 0 Å². The number of sulfonamides is 1. The first-order chi connectivity index (χ1) is 13.2. The maximum Gasteiger partial charge on any atom is 0.226 e. The molecule has 0 aliphatic rings. The van der Waals surface area contributed by atoms with Gasteiger partial charge in [0, 0.05) is 23.6 Å². The number of hydrogen-bond donors (Lipinski definition) is 2. The molecule has 1 aromatic heterocycles. The predicted molar refractivity (Wildman–Crippen MR) is 106 cm³/mol. The van der Waals surface area contributed by atoms with Crippen LogP contribution in [0.25, 0.3) is 11.5 Å². The van der Waals surface area contributed by atoms with Crippen LogP contribution in [-0.4, -0.2) is 25.1 Å². The predicted octanol–water partition coefficient (Wildman–Crippen LogP) is 3.07. The van der Waals surface area contributed by atoms with E-state index in [4.69, 9.17) is 14.3 Å². The van der Waals surface area contributed by atoms with Crippen LogP contribution in [0.15, 0.2) is 46.9 Å². The number of hydrogen-bond acceptors (Lipinski definition) is 6. The van der Waals surface area contributed by atoms with Gasteiger partial charge in [0.25, 0.3) is 0 Å². The van der Waals surface area contributed by atoms with Gasteiger partial charge in [-0.05, 0) is 32.0 Å². The maximum atomic E-state index is 11.1. The average Bonchev–Trinajstić information content (AvgIpc) is 2.98. The standard InChI is InChI=1S/C20H22N2O5S/c1-13-3-5-15(6-4-13)20-22-18(14(2)27-20)9-10-26-17-8-7-16(19(23)11-17)12-28(21,24)25/h3-8,11,23H,9-10,12H2,1-2H3,(H2,21,24,25). The molecule has 2 aromatic carbocycles. The first-order valence-corrected chi connectivity index (χ1v) is 10.4. The zero-order valence-corrected chi connectivity index (χ0v) is 16.5. The van der Waals surface area contributed by atoms with E-state index in [0.29, 0.717) is 24.7 Å². The topological polar surface area (TPSA) is 116 Å². The van der Waals surface area contributed by atoms with Crippen molar-refractivity contribution in [2.45, 2.75) is 26.0 Å². The number of rotatable bonds is 7. The number of oxazole rings is 1. The number of aromatic nitrogens is 1. The fraction of sp³-hybridized carbons (Fsp3) is 0.250. The van der Waals surface area contributed by atoms with Crippen molar-refractivity contribution in [1.82, 2.24) is 4.98 Å². The molecule has 3 aromatic rings. The van der Waals surface area contributed by atoms with Crippen LogP contribution in [0.1, 0.15) is 22.6 Å². The van der Waals surface area contributed by atoms with Gasteiger partial charge >= 0.3 is 0 Å².